The second kappa shape index (κ2) is 11.5. The van der Waals surface area contributed by atoms with Gasteiger partial charge >= 0.3 is 0 Å². The third-order valence-corrected chi connectivity index (χ3v) is 3.60. The summed E-state index contributed by atoms with van der Waals surface area (Å²) in [4.78, 5) is 2.36. The molecular formula is C17H25Cl2FN2O. The Bertz CT molecular complexity index is 559. The molecule has 0 unspecified atom stereocenters. The number of hydrogen-bond donors (Lipinski definition) is 1. The molecule has 1 N–H and O–H groups in total. The van der Waals surface area contributed by atoms with Crippen molar-refractivity contribution in [3.05, 3.63) is 48.0 Å². The van der Waals surface area contributed by atoms with Gasteiger partial charge in [0.2, 0.25) is 0 Å². The summed E-state index contributed by atoms with van der Waals surface area (Å²) in [6.07, 6.45) is 0. The summed E-state index contributed by atoms with van der Waals surface area (Å²) in [5.74, 6) is 1.15. The average molecular weight is 363 g/mol. The first-order valence-corrected chi connectivity index (χ1v) is 7.51. The van der Waals surface area contributed by atoms with Gasteiger partial charge in [0, 0.05) is 13.1 Å². The van der Waals surface area contributed by atoms with Crippen molar-refractivity contribution >= 4 is 24.8 Å². The van der Waals surface area contributed by atoms with Gasteiger partial charge in [0.25, 0.3) is 0 Å². The SMILES string of the molecule is CCN(CC)CCNCc1ccc(-c2ccccc2F)o1.Cl.Cl. The van der Waals surface area contributed by atoms with Gasteiger partial charge in [-0.3, -0.25) is 0 Å². The summed E-state index contributed by atoms with van der Waals surface area (Å²) in [6, 6.07) is 10.4. The van der Waals surface area contributed by atoms with E-state index in [0.717, 1.165) is 31.9 Å². The highest BCUT2D eigenvalue weighted by atomic mass is 35.5. The molecule has 0 aliphatic rings. The first-order chi connectivity index (χ1) is 10.2. The zero-order valence-corrected chi connectivity index (χ0v) is 15.2. The smallest absolute Gasteiger partial charge is 0.137 e. The van der Waals surface area contributed by atoms with E-state index in [0.29, 0.717) is 17.9 Å². The van der Waals surface area contributed by atoms with Crippen molar-refractivity contribution in [1.29, 1.82) is 0 Å². The van der Waals surface area contributed by atoms with Crippen molar-refractivity contribution < 1.29 is 8.81 Å². The quantitative estimate of drug-likeness (QED) is 0.707. The lowest BCUT2D eigenvalue weighted by Gasteiger charge is -2.17. The van der Waals surface area contributed by atoms with Gasteiger partial charge in [-0.2, -0.15) is 0 Å². The summed E-state index contributed by atoms with van der Waals surface area (Å²) in [6.45, 7) is 9.06. The van der Waals surface area contributed by atoms with Crippen molar-refractivity contribution in [3.63, 3.8) is 0 Å². The van der Waals surface area contributed by atoms with Crippen molar-refractivity contribution in [2.45, 2.75) is 20.4 Å². The highest BCUT2D eigenvalue weighted by Gasteiger charge is 2.08. The van der Waals surface area contributed by atoms with Crippen molar-refractivity contribution in [3.8, 4) is 11.3 Å². The predicted octanol–water partition coefficient (Wildman–Crippen LogP) is 4.36. The molecule has 6 heteroatoms. The van der Waals surface area contributed by atoms with Crippen LogP contribution < -0.4 is 5.32 Å². The van der Waals surface area contributed by atoms with Gasteiger partial charge in [0.15, 0.2) is 0 Å². The molecular weight excluding hydrogens is 338 g/mol. The van der Waals surface area contributed by atoms with Crippen molar-refractivity contribution in [2.75, 3.05) is 26.2 Å². The molecule has 2 aromatic rings. The number of likely N-dealkylation sites (N-methyl/N-ethyl adjacent to an activating group) is 1. The van der Waals surface area contributed by atoms with Crippen LogP contribution >= 0.6 is 24.8 Å². The van der Waals surface area contributed by atoms with E-state index in [-0.39, 0.29) is 30.6 Å². The molecule has 0 amide bonds. The molecule has 0 aliphatic carbocycles. The van der Waals surface area contributed by atoms with Crippen LogP contribution in [0.15, 0.2) is 40.8 Å². The molecule has 23 heavy (non-hydrogen) atoms. The van der Waals surface area contributed by atoms with E-state index in [1.165, 1.54) is 6.07 Å². The average Bonchev–Trinajstić information content (AvgIpc) is 2.96. The number of nitrogens with one attached hydrogen (secondary N) is 1. The molecule has 2 rings (SSSR count). The lowest BCUT2D eigenvalue weighted by atomic mass is 10.1. The van der Waals surface area contributed by atoms with Gasteiger partial charge in [-0.05, 0) is 37.4 Å². The Hall–Kier alpha value is -1.07. The minimum Gasteiger partial charge on any atom is -0.460 e. The van der Waals surface area contributed by atoms with Crippen molar-refractivity contribution in [1.82, 2.24) is 10.2 Å². The summed E-state index contributed by atoms with van der Waals surface area (Å²) in [7, 11) is 0. The van der Waals surface area contributed by atoms with Crippen LogP contribution in [-0.2, 0) is 6.54 Å². The van der Waals surface area contributed by atoms with E-state index < -0.39 is 0 Å². The Kier molecular flexibility index (Phi) is 10.9. The summed E-state index contributed by atoms with van der Waals surface area (Å²) >= 11 is 0. The van der Waals surface area contributed by atoms with Crippen LogP contribution in [0, 0.1) is 5.82 Å². The second-order valence-corrected chi connectivity index (χ2v) is 4.95. The number of furan rings is 1. The van der Waals surface area contributed by atoms with Gasteiger partial charge in [-0.15, -0.1) is 24.8 Å². The van der Waals surface area contributed by atoms with Crippen LogP contribution in [0.1, 0.15) is 19.6 Å². The normalized spacial score (nSPS) is 10.3. The van der Waals surface area contributed by atoms with E-state index >= 15 is 0 Å². The van der Waals surface area contributed by atoms with Crippen LogP contribution in [0.3, 0.4) is 0 Å². The fraction of sp³-hybridized carbons (Fsp3) is 0.412. The van der Waals surface area contributed by atoms with Crippen LogP contribution in [0.2, 0.25) is 0 Å². The molecule has 0 fully saturated rings. The summed E-state index contributed by atoms with van der Waals surface area (Å²) < 4.78 is 19.4. The third kappa shape index (κ3) is 6.51. The van der Waals surface area contributed by atoms with E-state index in [1.54, 1.807) is 12.1 Å². The Labute approximate surface area is 150 Å². The van der Waals surface area contributed by atoms with E-state index in [2.05, 4.69) is 24.1 Å². The van der Waals surface area contributed by atoms with Crippen LogP contribution in [0.4, 0.5) is 4.39 Å². The Balaban J connectivity index is 0.00000242. The molecule has 0 radical (unpaired) electrons. The van der Waals surface area contributed by atoms with Crippen LogP contribution in [0.5, 0.6) is 0 Å². The van der Waals surface area contributed by atoms with Crippen LogP contribution in [0.25, 0.3) is 11.3 Å². The topological polar surface area (TPSA) is 28.4 Å². The minimum absolute atomic E-state index is 0. The van der Waals surface area contributed by atoms with E-state index in [4.69, 9.17) is 4.42 Å². The molecule has 0 atom stereocenters. The minimum atomic E-state index is -0.257. The lowest BCUT2D eigenvalue weighted by Crippen LogP contribution is -2.31. The van der Waals surface area contributed by atoms with Gasteiger partial charge in [0.05, 0.1) is 12.1 Å². The maximum absolute atomic E-state index is 13.7. The Morgan fingerprint density at radius 1 is 1.04 bits per heavy atom. The molecule has 0 aliphatic heterocycles. The predicted molar refractivity (Wildman–Crippen MR) is 98.1 cm³/mol. The number of nitrogens with zero attached hydrogens (tertiary/aromatic N) is 1. The Morgan fingerprint density at radius 3 is 2.39 bits per heavy atom. The van der Waals surface area contributed by atoms with Gasteiger partial charge in [-0.25, -0.2) is 4.39 Å². The third-order valence-electron chi connectivity index (χ3n) is 3.60. The fourth-order valence-electron chi connectivity index (χ4n) is 2.27. The largest absolute Gasteiger partial charge is 0.460 e. The van der Waals surface area contributed by atoms with Gasteiger partial charge in [0.1, 0.15) is 17.3 Å². The molecule has 0 saturated carbocycles. The zero-order chi connectivity index (χ0) is 15.1. The van der Waals surface area contributed by atoms with Gasteiger partial charge < -0.3 is 14.6 Å². The second-order valence-electron chi connectivity index (χ2n) is 4.95. The molecule has 0 saturated heterocycles. The standard InChI is InChI=1S/C17H23FN2O.2ClH/c1-3-20(4-2)12-11-19-13-14-9-10-17(21-14)15-7-5-6-8-16(15)18;;/h5-10,19H,3-4,11-13H2,1-2H3;2*1H. The Morgan fingerprint density at radius 2 is 1.74 bits per heavy atom. The molecule has 3 nitrogen and oxygen atoms in total. The lowest BCUT2D eigenvalue weighted by molar-refractivity contribution is 0.300. The molecule has 1 aromatic heterocycles. The molecule has 0 bridgehead atoms. The maximum atomic E-state index is 13.7. The first kappa shape index (κ1) is 21.9. The molecule has 130 valence electrons. The van der Waals surface area contributed by atoms with Gasteiger partial charge in [-0.1, -0.05) is 26.0 Å². The molecule has 0 spiro atoms. The highest BCUT2D eigenvalue weighted by molar-refractivity contribution is 5.85. The number of rotatable bonds is 8. The number of benzene rings is 1. The first-order valence-electron chi connectivity index (χ1n) is 7.51. The summed E-state index contributed by atoms with van der Waals surface area (Å²) in [5.41, 5.74) is 0.506. The molecule has 1 aromatic carbocycles. The number of halogens is 3. The fourth-order valence-corrected chi connectivity index (χ4v) is 2.27. The number of hydrogen-bond acceptors (Lipinski definition) is 3. The maximum Gasteiger partial charge on any atom is 0.137 e. The zero-order valence-electron chi connectivity index (χ0n) is 13.5. The monoisotopic (exact) mass is 362 g/mol. The molecule has 1 heterocycles. The summed E-state index contributed by atoms with van der Waals surface area (Å²) in [5, 5.41) is 3.35. The highest BCUT2D eigenvalue weighted by Crippen LogP contribution is 2.24. The van der Waals surface area contributed by atoms with E-state index in [1.807, 2.05) is 18.2 Å². The van der Waals surface area contributed by atoms with E-state index in [9.17, 15) is 4.39 Å². The van der Waals surface area contributed by atoms with Crippen LogP contribution in [-0.4, -0.2) is 31.1 Å². The van der Waals surface area contributed by atoms with Crippen molar-refractivity contribution in [2.24, 2.45) is 0 Å².